The molecule has 2 aromatic carbocycles. The van der Waals surface area contributed by atoms with Gasteiger partial charge in [0.1, 0.15) is 35.9 Å². The van der Waals surface area contributed by atoms with E-state index in [9.17, 15) is 15.0 Å². The molecule has 2 aliphatic heterocycles. The minimum Gasteiger partial charge on any atom is -0.497 e. The summed E-state index contributed by atoms with van der Waals surface area (Å²) in [5, 5.41) is 24.2. The van der Waals surface area contributed by atoms with Crippen molar-refractivity contribution in [1.82, 2.24) is 0 Å². The number of aliphatic hydroxyl groups is 1. The maximum atomic E-state index is 12.3. The van der Waals surface area contributed by atoms with Gasteiger partial charge in [-0.25, -0.2) is 4.79 Å². The van der Waals surface area contributed by atoms with Crippen LogP contribution in [0.25, 0.3) is 0 Å². The molecule has 2 aromatic rings. The van der Waals surface area contributed by atoms with Gasteiger partial charge in [-0.3, -0.25) is 0 Å². The van der Waals surface area contributed by atoms with E-state index in [1.54, 1.807) is 68.4 Å². The van der Waals surface area contributed by atoms with E-state index >= 15 is 0 Å². The Hall–Kier alpha value is -2.85. The second-order valence-electron chi connectivity index (χ2n) is 8.15. The third-order valence-corrected chi connectivity index (χ3v) is 5.39. The zero-order chi connectivity index (χ0) is 22.9. The molecule has 0 amide bonds. The summed E-state index contributed by atoms with van der Waals surface area (Å²) in [6.45, 7) is 3.45. The second kappa shape index (κ2) is 8.95. The zero-order valence-electron chi connectivity index (χ0n) is 18.0. The molecule has 2 aliphatic rings. The van der Waals surface area contributed by atoms with Gasteiger partial charge in [0.05, 0.1) is 7.11 Å². The highest BCUT2D eigenvalue weighted by molar-refractivity contribution is 5.75. The number of carbonyl (C=O) groups is 1. The van der Waals surface area contributed by atoms with Crippen LogP contribution in [0.2, 0.25) is 0 Å². The van der Waals surface area contributed by atoms with Gasteiger partial charge in [-0.2, -0.15) is 0 Å². The zero-order valence-corrected chi connectivity index (χ0v) is 18.0. The molecule has 32 heavy (non-hydrogen) atoms. The van der Waals surface area contributed by atoms with E-state index in [1.807, 2.05) is 0 Å². The van der Waals surface area contributed by atoms with Crippen LogP contribution in [-0.2, 0) is 19.0 Å². The molecule has 4 rings (SSSR count). The van der Waals surface area contributed by atoms with Gasteiger partial charge in [0, 0.05) is 11.8 Å². The third kappa shape index (κ3) is 4.66. The summed E-state index contributed by atoms with van der Waals surface area (Å²) in [6.07, 6.45) is -5.11. The summed E-state index contributed by atoms with van der Waals surface area (Å²) >= 11 is 0. The van der Waals surface area contributed by atoms with E-state index in [-0.39, 0.29) is 0 Å². The summed E-state index contributed by atoms with van der Waals surface area (Å²) in [4.78, 5) is 12.3. The maximum Gasteiger partial charge on any atom is 0.347 e. The topological polar surface area (TPSA) is 116 Å². The minimum atomic E-state index is -1.39. The predicted octanol–water partition coefficient (Wildman–Crippen LogP) is 2.25. The van der Waals surface area contributed by atoms with Gasteiger partial charge in [0.2, 0.25) is 6.10 Å². The molecular formula is C23H27NO8. The standard InChI is InChI=1S/C23H27NO8/c1-23(2)31-20-17(25)18(30-22(20)32-23)16(24-13-8-7-11-15(12-13)28-3)19(21(26)27)29-14-9-5-4-6-10-14/h4-12,16-20,22,24-25H,1-3H3,(H,26,27)/t16-,17+,18-,19+,20-,22-/m1/s1. The van der Waals surface area contributed by atoms with Gasteiger partial charge in [-0.1, -0.05) is 24.3 Å². The van der Waals surface area contributed by atoms with E-state index in [1.165, 1.54) is 7.11 Å². The van der Waals surface area contributed by atoms with Crippen molar-refractivity contribution < 1.29 is 38.7 Å². The number of carboxylic acid groups (broad SMARTS) is 1. The molecule has 2 fully saturated rings. The maximum absolute atomic E-state index is 12.3. The first-order chi connectivity index (χ1) is 15.3. The van der Waals surface area contributed by atoms with Crippen LogP contribution in [0.1, 0.15) is 13.8 Å². The molecule has 0 spiro atoms. The summed E-state index contributed by atoms with van der Waals surface area (Å²) in [7, 11) is 1.54. The normalized spacial score (nSPS) is 27.9. The number of rotatable bonds is 8. The Morgan fingerprint density at radius 2 is 1.81 bits per heavy atom. The Balaban J connectivity index is 1.65. The molecule has 9 nitrogen and oxygen atoms in total. The summed E-state index contributed by atoms with van der Waals surface area (Å²) < 4.78 is 28.6. The largest absolute Gasteiger partial charge is 0.497 e. The number of methoxy groups -OCH3 is 1. The molecule has 172 valence electrons. The van der Waals surface area contributed by atoms with E-state index in [0.29, 0.717) is 17.2 Å². The van der Waals surface area contributed by atoms with Crippen molar-refractivity contribution in [3.05, 3.63) is 54.6 Å². The van der Waals surface area contributed by atoms with Gasteiger partial charge >= 0.3 is 5.97 Å². The van der Waals surface area contributed by atoms with Crippen molar-refractivity contribution in [2.45, 2.75) is 56.4 Å². The highest BCUT2D eigenvalue weighted by Crippen LogP contribution is 2.39. The minimum absolute atomic E-state index is 0.374. The summed E-state index contributed by atoms with van der Waals surface area (Å²) in [5.41, 5.74) is 0.576. The van der Waals surface area contributed by atoms with Crippen LogP contribution in [0, 0.1) is 0 Å². The lowest BCUT2D eigenvalue weighted by Gasteiger charge is -2.33. The van der Waals surface area contributed by atoms with Gasteiger partial charge in [-0.15, -0.1) is 0 Å². The number of hydrogen-bond acceptors (Lipinski definition) is 8. The van der Waals surface area contributed by atoms with Crippen LogP contribution in [0.15, 0.2) is 54.6 Å². The van der Waals surface area contributed by atoms with Gasteiger partial charge < -0.3 is 39.2 Å². The molecule has 0 aliphatic carbocycles. The van der Waals surface area contributed by atoms with E-state index < -0.39 is 48.5 Å². The number of aliphatic carboxylic acids is 1. The molecule has 0 bridgehead atoms. The molecule has 0 radical (unpaired) electrons. The van der Waals surface area contributed by atoms with Crippen molar-refractivity contribution in [1.29, 1.82) is 0 Å². The Morgan fingerprint density at radius 1 is 1.09 bits per heavy atom. The number of aliphatic hydroxyl groups excluding tert-OH is 1. The third-order valence-electron chi connectivity index (χ3n) is 5.39. The fourth-order valence-corrected chi connectivity index (χ4v) is 3.97. The Kier molecular flexibility index (Phi) is 6.25. The van der Waals surface area contributed by atoms with Crippen LogP contribution in [-0.4, -0.2) is 65.8 Å². The van der Waals surface area contributed by atoms with Crippen LogP contribution in [0.4, 0.5) is 5.69 Å². The molecule has 2 heterocycles. The SMILES string of the molecule is COc1cccc(N[C@H]([C@H]2O[C@@H]3OC(C)(C)O[C@@H]3[C@H]2O)[C@H](Oc2ccccc2)C(=O)O)c1. The van der Waals surface area contributed by atoms with Crippen molar-refractivity contribution >= 4 is 11.7 Å². The first-order valence-corrected chi connectivity index (χ1v) is 10.3. The van der Waals surface area contributed by atoms with Crippen molar-refractivity contribution in [3.8, 4) is 11.5 Å². The average Bonchev–Trinajstić information content (AvgIpc) is 3.23. The second-order valence-corrected chi connectivity index (χ2v) is 8.15. The van der Waals surface area contributed by atoms with Crippen LogP contribution >= 0.6 is 0 Å². The van der Waals surface area contributed by atoms with Crippen LogP contribution in [0.3, 0.4) is 0 Å². The van der Waals surface area contributed by atoms with Crippen molar-refractivity contribution in [3.63, 3.8) is 0 Å². The molecule has 0 unspecified atom stereocenters. The quantitative estimate of drug-likeness (QED) is 0.563. The van der Waals surface area contributed by atoms with Crippen molar-refractivity contribution in [2.75, 3.05) is 12.4 Å². The highest BCUT2D eigenvalue weighted by atomic mass is 16.8. The van der Waals surface area contributed by atoms with Gasteiger partial charge in [-0.05, 0) is 38.1 Å². The van der Waals surface area contributed by atoms with Gasteiger partial charge in [0.15, 0.2) is 12.1 Å². The predicted molar refractivity (Wildman–Crippen MR) is 114 cm³/mol. The fraction of sp³-hybridized carbons (Fsp3) is 0.435. The average molecular weight is 445 g/mol. The fourth-order valence-electron chi connectivity index (χ4n) is 3.97. The Labute approximate surface area is 185 Å². The number of ether oxygens (including phenoxy) is 5. The first-order valence-electron chi connectivity index (χ1n) is 10.3. The molecule has 6 atom stereocenters. The molecule has 9 heteroatoms. The lowest BCUT2D eigenvalue weighted by molar-refractivity contribution is -0.218. The number of benzene rings is 2. The van der Waals surface area contributed by atoms with E-state index in [4.69, 9.17) is 23.7 Å². The number of para-hydroxylation sites is 1. The molecule has 0 saturated carbocycles. The number of anilines is 1. The number of carboxylic acids is 1. The van der Waals surface area contributed by atoms with E-state index in [0.717, 1.165) is 0 Å². The monoisotopic (exact) mass is 445 g/mol. The van der Waals surface area contributed by atoms with Crippen LogP contribution in [0.5, 0.6) is 11.5 Å². The molecule has 0 aromatic heterocycles. The van der Waals surface area contributed by atoms with Gasteiger partial charge in [0.25, 0.3) is 0 Å². The van der Waals surface area contributed by atoms with Crippen LogP contribution < -0.4 is 14.8 Å². The first kappa shape index (κ1) is 22.3. The summed E-state index contributed by atoms with van der Waals surface area (Å²) in [5.74, 6) is -1.17. The number of hydrogen-bond donors (Lipinski definition) is 3. The summed E-state index contributed by atoms with van der Waals surface area (Å²) in [6, 6.07) is 14.6. The smallest absolute Gasteiger partial charge is 0.347 e. The molecule has 3 N–H and O–H groups in total. The lowest BCUT2D eigenvalue weighted by Crippen LogP contribution is -2.54. The lowest BCUT2D eigenvalue weighted by atomic mass is 9.98. The van der Waals surface area contributed by atoms with Crippen molar-refractivity contribution in [2.24, 2.45) is 0 Å². The molecular weight excluding hydrogens is 418 g/mol. The Morgan fingerprint density at radius 3 is 2.47 bits per heavy atom. The van der Waals surface area contributed by atoms with E-state index in [2.05, 4.69) is 5.32 Å². The highest BCUT2D eigenvalue weighted by Gasteiger charge is 2.58. The number of nitrogens with one attached hydrogen (secondary N) is 1. The molecule has 2 saturated heterocycles. The Bertz CT molecular complexity index is 937. The number of fused-ring (bicyclic) bond motifs is 1.